The lowest BCUT2D eigenvalue weighted by molar-refractivity contribution is -0.124. The van der Waals surface area contributed by atoms with Crippen LogP contribution < -0.4 is 14.8 Å². The summed E-state index contributed by atoms with van der Waals surface area (Å²) >= 11 is 1.65. The van der Waals surface area contributed by atoms with E-state index in [9.17, 15) is 9.59 Å². The number of benzene rings is 1. The first kappa shape index (κ1) is 23.1. The zero-order valence-corrected chi connectivity index (χ0v) is 19.2. The Morgan fingerprint density at radius 1 is 1.23 bits per heavy atom. The quantitative estimate of drug-likeness (QED) is 0.634. The Bertz CT molecular complexity index is 884. The van der Waals surface area contributed by atoms with Crippen molar-refractivity contribution in [2.24, 2.45) is 5.92 Å². The zero-order valence-electron chi connectivity index (χ0n) is 18.4. The molecule has 1 aliphatic heterocycles. The van der Waals surface area contributed by atoms with Gasteiger partial charge in [0.15, 0.2) is 17.3 Å². The van der Waals surface area contributed by atoms with Crippen molar-refractivity contribution in [2.45, 2.75) is 38.1 Å². The van der Waals surface area contributed by atoms with Crippen LogP contribution >= 0.6 is 11.8 Å². The first-order valence-electron chi connectivity index (χ1n) is 10.4. The summed E-state index contributed by atoms with van der Waals surface area (Å²) in [5.41, 5.74) is 1.03. The third kappa shape index (κ3) is 5.55. The van der Waals surface area contributed by atoms with Gasteiger partial charge in [0, 0.05) is 12.3 Å². The van der Waals surface area contributed by atoms with Crippen LogP contribution in [-0.4, -0.2) is 54.6 Å². The van der Waals surface area contributed by atoms with Gasteiger partial charge in [-0.1, -0.05) is 19.9 Å². The summed E-state index contributed by atoms with van der Waals surface area (Å²) < 4.78 is 15.9. The molecular formula is C23H30N2O5S. The molecule has 31 heavy (non-hydrogen) atoms. The average Bonchev–Trinajstić information content (AvgIpc) is 3.43. The van der Waals surface area contributed by atoms with Crippen molar-refractivity contribution < 1.29 is 23.5 Å². The molecular weight excluding hydrogens is 416 g/mol. The van der Waals surface area contributed by atoms with Gasteiger partial charge < -0.3 is 24.1 Å². The van der Waals surface area contributed by atoms with E-state index in [1.807, 2.05) is 18.2 Å². The van der Waals surface area contributed by atoms with Gasteiger partial charge in [0.1, 0.15) is 6.04 Å². The fraction of sp³-hybridized carbons (Fsp3) is 0.478. The Labute approximate surface area is 187 Å². The molecule has 1 saturated heterocycles. The molecule has 0 spiro atoms. The van der Waals surface area contributed by atoms with Crippen molar-refractivity contribution in [1.29, 1.82) is 0 Å². The molecule has 2 heterocycles. The van der Waals surface area contributed by atoms with Crippen molar-refractivity contribution in [2.75, 3.05) is 26.5 Å². The summed E-state index contributed by atoms with van der Waals surface area (Å²) in [5, 5.41) is 2.95. The van der Waals surface area contributed by atoms with Crippen LogP contribution in [-0.2, 0) is 11.2 Å². The molecule has 0 aliphatic carbocycles. The van der Waals surface area contributed by atoms with Gasteiger partial charge in [0.05, 0.1) is 25.9 Å². The lowest BCUT2D eigenvalue weighted by Gasteiger charge is -2.29. The van der Waals surface area contributed by atoms with E-state index in [2.05, 4.69) is 19.2 Å². The first-order valence-corrected chi connectivity index (χ1v) is 11.5. The number of methoxy groups -OCH3 is 2. The van der Waals surface area contributed by atoms with Crippen LogP contribution in [0, 0.1) is 5.92 Å². The summed E-state index contributed by atoms with van der Waals surface area (Å²) in [6.45, 7) is 4.70. The van der Waals surface area contributed by atoms with Gasteiger partial charge >= 0.3 is 0 Å². The highest BCUT2D eigenvalue weighted by Gasteiger charge is 2.42. The number of carbonyl (C=O) groups excluding carboxylic acids is 2. The van der Waals surface area contributed by atoms with E-state index >= 15 is 0 Å². The zero-order chi connectivity index (χ0) is 22.4. The summed E-state index contributed by atoms with van der Waals surface area (Å²) in [7, 11) is 3.19. The van der Waals surface area contributed by atoms with Crippen LogP contribution in [0.25, 0.3) is 0 Å². The second-order valence-corrected chi connectivity index (χ2v) is 9.06. The molecule has 0 saturated carbocycles. The molecule has 7 nitrogen and oxygen atoms in total. The van der Waals surface area contributed by atoms with E-state index in [-0.39, 0.29) is 22.9 Å². The maximum Gasteiger partial charge on any atom is 0.291 e. The van der Waals surface area contributed by atoms with E-state index < -0.39 is 6.04 Å². The Hall–Kier alpha value is -2.61. The third-order valence-corrected chi connectivity index (χ3v) is 6.51. The molecule has 2 unspecified atom stereocenters. The Morgan fingerprint density at radius 3 is 2.65 bits per heavy atom. The van der Waals surface area contributed by atoms with E-state index in [1.165, 1.54) is 6.26 Å². The molecule has 1 N–H and O–H groups in total. The highest BCUT2D eigenvalue weighted by Crippen LogP contribution is 2.35. The average molecular weight is 447 g/mol. The fourth-order valence-corrected chi connectivity index (χ4v) is 5.27. The molecule has 168 valence electrons. The van der Waals surface area contributed by atoms with E-state index in [1.54, 1.807) is 43.0 Å². The van der Waals surface area contributed by atoms with Crippen molar-refractivity contribution in [3.8, 4) is 11.5 Å². The number of hydrogen-bond donors (Lipinski definition) is 1. The maximum atomic E-state index is 13.1. The molecule has 0 radical (unpaired) electrons. The molecule has 2 aromatic rings. The number of rotatable bonds is 9. The minimum absolute atomic E-state index is 0.0424. The van der Waals surface area contributed by atoms with Gasteiger partial charge in [0.25, 0.3) is 5.91 Å². The largest absolute Gasteiger partial charge is 0.493 e. The monoisotopic (exact) mass is 446 g/mol. The molecule has 2 atom stereocenters. The van der Waals surface area contributed by atoms with Crippen molar-refractivity contribution >= 4 is 23.6 Å². The van der Waals surface area contributed by atoms with Crippen molar-refractivity contribution in [3.63, 3.8) is 0 Å². The van der Waals surface area contributed by atoms with Gasteiger partial charge in [-0.2, -0.15) is 0 Å². The van der Waals surface area contributed by atoms with Gasteiger partial charge in [0.2, 0.25) is 5.91 Å². The first-order chi connectivity index (χ1) is 14.9. The minimum atomic E-state index is -0.517. The predicted octanol–water partition coefficient (Wildman–Crippen LogP) is 3.59. The molecule has 2 amide bonds. The van der Waals surface area contributed by atoms with Crippen molar-refractivity contribution in [3.05, 3.63) is 47.9 Å². The number of nitrogens with zero attached hydrogens (tertiary/aromatic N) is 1. The molecule has 1 fully saturated rings. The summed E-state index contributed by atoms with van der Waals surface area (Å²) in [5.74, 6) is 2.20. The fourth-order valence-electron chi connectivity index (χ4n) is 3.63. The van der Waals surface area contributed by atoms with Gasteiger partial charge in [-0.3, -0.25) is 9.59 Å². The highest BCUT2D eigenvalue weighted by molar-refractivity contribution is 8.00. The van der Waals surface area contributed by atoms with Crippen LogP contribution in [0.4, 0.5) is 0 Å². The number of carbonyl (C=O) groups is 2. The third-order valence-electron chi connectivity index (χ3n) is 5.20. The van der Waals surface area contributed by atoms with Gasteiger partial charge in [-0.05, 0) is 48.6 Å². The van der Waals surface area contributed by atoms with Crippen molar-refractivity contribution in [1.82, 2.24) is 10.2 Å². The minimum Gasteiger partial charge on any atom is -0.493 e. The summed E-state index contributed by atoms with van der Waals surface area (Å²) in [4.78, 5) is 27.7. The number of nitrogens with one attached hydrogen (secondary N) is 1. The van der Waals surface area contributed by atoms with Crippen LogP contribution in [0.1, 0.15) is 36.4 Å². The molecule has 1 aliphatic rings. The summed E-state index contributed by atoms with van der Waals surface area (Å²) in [6, 6.07) is 8.52. The summed E-state index contributed by atoms with van der Waals surface area (Å²) in [6.07, 6.45) is 2.95. The lowest BCUT2D eigenvalue weighted by atomic mass is 10.1. The standard InChI is InChI=1S/C23H30N2O5S/c1-15(2)12-21-25(23(27)19-6-5-11-30-19)17(14-31-21)22(26)24-10-9-16-7-8-18(28-3)20(13-16)29-4/h5-8,11,13,15,17,21H,9-10,12,14H2,1-4H3,(H,24,26). The van der Waals surface area contributed by atoms with E-state index in [0.29, 0.717) is 36.1 Å². The lowest BCUT2D eigenvalue weighted by Crippen LogP contribution is -2.50. The number of furan rings is 1. The second kappa shape index (κ2) is 10.6. The molecule has 3 rings (SSSR count). The molecule has 8 heteroatoms. The number of thioether (sulfide) groups is 1. The predicted molar refractivity (Wildman–Crippen MR) is 121 cm³/mol. The SMILES string of the molecule is COc1ccc(CCNC(=O)C2CSC(CC(C)C)N2C(=O)c2ccco2)cc1OC. The molecule has 1 aromatic heterocycles. The Morgan fingerprint density at radius 2 is 2.00 bits per heavy atom. The maximum absolute atomic E-state index is 13.1. The van der Waals surface area contributed by atoms with Gasteiger partial charge in [-0.15, -0.1) is 11.8 Å². The number of hydrogen-bond acceptors (Lipinski definition) is 6. The van der Waals surface area contributed by atoms with Crippen LogP contribution in [0.15, 0.2) is 41.0 Å². The number of amides is 2. The number of ether oxygens (including phenoxy) is 2. The van der Waals surface area contributed by atoms with Gasteiger partial charge in [-0.25, -0.2) is 0 Å². The Kier molecular flexibility index (Phi) is 7.90. The highest BCUT2D eigenvalue weighted by atomic mass is 32.2. The van der Waals surface area contributed by atoms with E-state index in [4.69, 9.17) is 13.9 Å². The normalized spacial score (nSPS) is 18.3. The topological polar surface area (TPSA) is 81.0 Å². The van der Waals surface area contributed by atoms with Crippen LogP contribution in [0.2, 0.25) is 0 Å². The molecule has 1 aromatic carbocycles. The van der Waals surface area contributed by atoms with Crippen LogP contribution in [0.3, 0.4) is 0 Å². The van der Waals surface area contributed by atoms with E-state index in [0.717, 1.165) is 12.0 Å². The van der Waals surface area contributed by atoms with Crippen LogP contribution in [0.5, 0.6) is 11.5 Å². The Balaban J connectivity index is 1.64. The molecule has 0 bridgehead atoms. The smallest absolute Gasteiger partial charge is 0.291 e. The second-order valence-electron chi connectivity index (χ2n) is 7.85.